The van der Waals surface area contributed by atoms with Crippen molar-refractivity contribution >= 4 is 38.8 Å². The number of nitrogens with two attached hydrogens (primary N) is 1. The summed E-state index contributed by atoms with van der Waals surface area (Å²) in [5, 5.41) is 39.4. The van der Waals surface area contributed by atoms with Gasteiger partial charge in [-0.1, -0.05) is 19.3 Å². The zero-order valence-corrected chi connectivity index (χ0v) is 18.6. The molecule has 1 saturated carbocycles. The lowest BCUT2D eigenvalue weighted by Gasteiger charge is -2.22. The van der Waals surface area contributed by atoms with Gasteiger partial charge in [-0.05, 0) is 28.8 Å². The molecule has 13 heteroatoms. The quantitative estimate of drug-likeness (QED) is 0.276. The molecule has 6 N–H and O–H groups in total. The number of fused-ring (bicyclic) bond motifs is 1. The minimum Gasteiger partial charge on any atom is -0.463 e. The summed E-state index contributed by atoms with van der Waals surface area (Å²) in [7, 11) is 0. The molecule has 0 aromatic carbocycles. The summed E-state index contributed by atoms with van der Waals surface area (Å²) in [6.07, 6.45) is 0.249. The number of nitrogens with one attached hydrogen (secondary N) is 1. The van der Waals surface area contributed by atoms with E-state index in [-0.39, 0.29) is 45.2 Å². The van der Waals surface area contributed by atoms with Crippen LogP contribution in [0.15, 0.2) is 10.9 Å². The monoisotopic (exact) mass is 513 g/mol. The van der Waals surface area contributed by atoms with E-state index in [0.29, 0.717) is 4.73 Å². The lowest BCUT2D eigenvalue weighted by molar-refractivity contribution is -0.156. The summed E-state index contributed by atoms with van der Waals surface area (Å²) < 4.78 is 12.9. The molecule has 4 atom stereocenters. The number of primary amides is 1. The molecule has 0 unspecified atom stereocenters. The van der Waals surface area contributed by atoms with Gasteiger partial charge in [-0.25, -0.2) is 4.98 Å². The smallest absolute Gasteiger partial charge is 0.309 e. The number of aromatic nitrogens is 3. The van der Waals surface area contributed by atoms with Crippen LogP contribution in [0, 0.1) is 11.3 Å². The number of esters is 1. The molecule has 1 saturated heterocycles. The second kappa shape index (κ2) is 8.81. The van der Waals surface area contributed by atoms with E-state index in [2.05, 4.69) is 20.9 Å². The van der Waals surface area contributed by atoms with E-state index in [1.54, 1.807) is 0 Å². The van der Waals surface area contributed by atoms with Crippen molar-refractivity contribution < 1.29 is 34.5 Å². The summed E-state index contributed by atoms with van der Waals surface area (Å²) in [5.41, 5.74) is 4.89. The Morgan fingerprint density at radius 2 is 1.97 bits per heavy atom. The van der Waals surface area contributed by atoms with E-state index in [0.717, 1.165) is 38.4 Å². The lowest BCUT2D eigenvalue weighted by atomic mass is 9.89. The van der Waals surface area contributed by atoms with Crippen molar-refractivity contribution in [3.05, 3.63) is 22.0 Å². The molecular weight excluding hydrogens is 490 g/mol. The predicted molar refractivity (Wildman–Crippen MR) is 110 cm³/mol. The minimum atomic E-state index is -1.50. The van der Waals surface area contributed by atoms with Crippen molar-refractivity contribution in [1.29, 1.82) is 5.41 Å². The number of ether oxygens (including phenoxy) is 2. The van der Waals surface area contributed by atoms with Crippen LogP contribution >= 0.6 is 15.9 Å². The number of carbonyl (C=O) groups is 2. The summed E-state index contributed by atoms with van der Waals surface area (Å²) in [6, 6.07) is 0. The van der Waals surface area contributed by atoms with Crippen LogP contribution in [0.1, 0.15) is 48.7 Å². The molecule has 174 valence electrons. The Morgan fingerprint density at radius 3 is 2.62 bits per heavy atom. The van der Waals surface area contributed by atoms with Crippen LogP contribution in [0.3, 0.4) is 0 Å². The number of aliphatic hydroxyl groups is 2. The number of nitrogens with zero attached hydrogens (tertiary/aromatic N) is 3. The maximum absolute atomic E-state index is 12.3. The third-order valence-corrected chi connectivity index (χ3v) is 6.81. The third kappa shape index (κ3) is 3.78. The second-order valence-corrected chi connectivity index (χ2v) is 8.80. The number of rotatable bonds is 5. The average molecular weight is 514 g/mol. The highest BCUT2D eigenvalue weighted by molar-refractivity contribution is 9.10. The minimum absolute atomic E-state index is 0.0281. The first-order chi connectivity index (χ1) is 15.2. The Labute approximate surface area is 190 Å². The fourth-order valence-electron chi connectivity index (χ4n) is 4.39. The van der Waals surface area contributed by atoms with Gasteiger partial charge < -0.3 is 30.6 Å². The molecule has 0 spiro atoms. The van der Waals surface area contributed by atoms with Crippen LogP contribution in [0.2, 0.25) is 0 Å². The van der Waals surface area contributed by atoms with Crippen LogP contribution in [-0.2, 0) is 14.3 Å². The molecule has 0 bridgehead atoms. The van der Waals surface area contributed by atoms with E-state index >= 15 is 0 Å². The van der Waals surface area contributed by atoms with Gasteiger partial charge in [0.1, 0.15) is 35.8 Å². The summed E-state index contributed by atoms with van der Waals surface area (Å²) in [4.78, 5) is 28.1. The molecule has 1 aliphatic carbocycles. The molecule has 1 aliphatic heterocycles. The van der Waals surface area contributed by atoms with Crippen LogP contribution in [-0.4, -0.2) is 66.5 Å². The van der Waals surface area contributed by atoms with Gasteiger partial charge >= 0.3 is 5.97 Å². The van der Waals surface area contributed by atoms with E-state index in [1.807, 2.05) is 0 Å². The van der Waals surface area contributed by atoms with Gasteiger partial charge in [0.2, 0.25) is 0 Å². The fraction of sp³-hybridized carbons (Fsp3) is 0.579. The maximum atomic E-state index is 12.3. The highest BCUT2D eigenvalue weighted by Gasteiger charge is 2.46. The summed E-state index contributed by atoms with van der Waals surface area (Å²) in [6.45, 7) is -0.270. The van der Waals surface area contributed by atoms with Crippen LogP contribution < -0.4 is 11.2 Å². The number of hydrogen-bond donors (Lipinski definition) is 5. The largest absolute Gasteiger partial charge is 0.463 e. The molecule has 2 fully saturated rings. The molecule has 32 heavy (non-hydrogen) atoms. The third-order valence-electron chi connectivity index (χ3n) is 6.04. The highest BCUT2D eigenvalue weighted by Crippen LogP contribution is 2.38. The zero-order chi connectivity index (χ0) is 23.2. The Kier molecular flexibility index (Phi) is 6.25. The van der Waals surface area contributed by atoms with Crippen molar-refractivity contribution in [2.24, 2.45) is 11.7 Å². The number of amides is 1. The average Bonchev–Trinajstić information content (AvgIpc) is 3.24. The van der Waals surface area contributed by atoms with Crippen molar-refractivity contribution in [3.8, 4) is 0 Å². The van der Waals surface area contributed by atoms with Gasteiger partial charge in [-0.3, -0.25) is 19.6 Å². The van der Waals surface area contributed by atoms with Crippen molar-refractivity contribution in [2.45, 2.75) is 56.6 Å². The van der Waals surface area contributed by atoms with Crippen LogP contribution in [0.4, 0.5) is 0 Å². The number of hydrogen-bond acceptors (Lipinski definition) is 9. The first-order valence-electron chi connectivity index (χ1n) is 10.2. The van der Waals surface area contributed by atoms with Gasteiger partial charge in [0.25, 0.3) is 5.91 Å². The molecule has 2 aliphatic rings. The van der Waals surface area contributed by atoms with E-state index in [9.17, 15) is 25.0 Å². The molecule has 2 aromatic heterocycles. The Bertz CT molecular complexity index is 1110. The van der Waals surface area contributed by atoms with Crippen molar-refractivity contribution in [1.82, 2.24) is 14.3 Å². The van der Waals surface area contributed by atoms with Gasteiger partial charge in [-0.2, -0.15) is 4.73 Å². The van der Waals surface area contributed by atoms with Crippen LogP contribution in [0.5, 0.6) is 0 Å². The molecule has 4 rings (SSSR count). The lowest BCUT2D eigenvalue weighted by Crippen LogP contribution is -2.35. The first-order valence-corrected chi connectivity index (χ1v) is 11.0. The van der Waals surface area contributed by atoms with Gasteiger partial charge in [0.05, 0.1) is 16.9 Å². The van der Waals surface area contributed by atoms with Crippen LogP contribution in [0.25, 0.3) is 11.0 Å². The molecule has 0 radical (unpaired) electrons. The molecule has 2 aromatic rings. The SMILES string of the molecule is N=c1ncn(O)c2c1c(C(N)=O)c(Br)n2[C@H]1O[C@@H](COC(=O)C2CCCCC2)[C@H](O)[C@@H]1O. The molecule has 3 heterocycles. The topological polar surface area (TPSA) is 186 Å². The standard InChI is InChI=1S/C19H24BrN5O7/c20-14-10(16(22)28)11-15(21)23-7-24(30)17(11)25(14)18-13(27)12(26)9(32-18)6-31-19(29)8-4-2-1-3-5-8/h7-9,12-13,18,21,26-27,30H,1-6H2,(H2,22,28)/t9-,12-,13-,18-/m0/s1. The Balaban J connectivity index is 1.63. The first kappa shape index (κ1) is 22.7. The Morgan fingerprint density at radius 1 is 1.28 bits per heavy atom. The van der Waals surface area contributed by atoms with Gasteiger partial charge in [0.15, 0.2) is 17.4 Å². The number of halogens is 1. The summed E-state index contributed by atoms with van der Waals surface area (Å²) >= 11 is 3.22. The van der Waals surface area contributed by atoms with Crippen molar-refractivity contribution in [3.63, 3.8) is 0 Å². The second-order valence-electron chi connectivity index (χ2n) is 8.05. The van der Waals surface area contributed by atoms with E-state index < -0.39 is 30.4 Å². The number of carbonyl (C=O) groups excluding carboxylic acids is 2. The highest BCUT2D eigenvalue weighted by atomic mass is 79.9. The van der Waals surface area contributed by atoms with E-state index in [4.69, 9.17) is 20.6 Å². The molecule has 12 nitrogen and oxygen atoms in total. The number of aliphatic hydroxyl groups excluding tert-OH is 2. The predicted octanol–water partition coefficient (Wildman–Crippen LogP) is 0.159. The maximum Gasteiger partial charge on any atom is 0.309 e. The fourth-order valence-corrected chi connectivity index (χ4v) is 5.15. The van der Waals surface area contributed by atoms with Gasteiger partial charge in [0, 0.05) is 0 Å². The molecule has 1 amide bonds. The van der Waals surface area contributed by atoms with Crippen molar-refractivity contribution in [2.75, 3.05) is 6.61 Å². The zero-order valence-electron chi connectivity index (χ0n) is 17.0. The summed E-state index contributed by atoms with van der Waals surface area (Å²) in [5.74, 6) is -1.44. The molecular formula is C19H24BrN5O7. The van der Waals surface area contributed by atoms with E-state index in [1.165, 1.54) is 4.57 Å². The normalized spacial score (nSPS) is 26.5. The van der Waals surface area contributed by atoms with Gasteiger partial charge in [-0.15, -0.1) is 0 Å². The Hall–Kier alpha value is -2.48.